The molecule has 28 heavy (non-hydrogen) atoms. The van der Waals surface area contributed by atoms with Crippen molar-refractivity contribution in [2.45, 2.75) is 38.8 Å². The molecule has 0 fully saturated rings. The Morgan fingerprint density at radius 3 is 2.57 bits per heavy atom. The van der Waals surface area contributed by atoms with Crippen molar-refractivity contribution in [1.29, 1.82) is 0 Å². The van der Waals surface area contributed by atoms with Gasteiger partial charge >= 0.3 is 6.09 Å². The molecule has 1 unspecified atom stereocenters. The van der Waals surface area contributed by atoms with Crippen LogP contribution in [-0.2, 0) is 11.2 Å². The van der Waals surface area contributed by atoms with Crippen molar-refractivity contribution >= 4 is 43.7 Å². The first-order valence-electron chi connectivity index (χ1n) is 8.45. The summed E-state index contributed by atoms with van der Waals surface area (Å²) in [7, 11) is 0. The Labute approximate surface area is 173 Å². The molecule has 148 valence electrons. The largest absolute Gasteiger partial charge is 0.444 e. The predicted octanol–water partition coefficient (Wildman–Crippen LogP) is 5.54. The van der Waals surface area contributed by atoms with E-state index in [2.05, 4.69) is 31.2 Å². The van der Waals surface area contributed by atoms with E-state index < -0.39 is 29.4 Å². The number of fused-ring (bicyclic) bond motifs is 1. The van der Waals surface area contributed by atoms with Crippen LogP contribution in [-0.4, -0.2) is 21.7 Å². The van der Waals surface area contributed by atoms with E-state index in [0.29, 0.717) is 21.4 Å². The van der Waals surface area contributed by atoms with Crippen molar-refractivity contribution < 1.29 is 18.3 Å². The molecule has 3 rings (SSSR count). The summed E-state index contributed by atoms with van der Waals surface area (Å²) in [5.74, 6) is -1.37. The second-order valence-corrected chi connectivity index (χ2v) is 8.95. The molecule has 9 heteroatoms. The number of aromatic nitrogens is 2. The quantitative estimate of drug-likeness (QED) is 0.544. The van der Waals surface area contributed by atoms with Gasteiger partial charge in [0.2, 0.25) is 0 Å². The number of alkyl carbamates (subject to hydrolysis) is 1. The monoisotopic (exact) mass is 469 g/mol. The van der Waals surface area contributed by atoms with E-state index in [1.54, 1.807) is 26.3 Å². The van der Waals surface area contributed by atoms with Gasteiger partial charge in [-0.3, -0.25) is 0 Å². The summed E-state index contributed by atoms with van der Waals surface area (Å²) in [4.78, 5) is 21.1. The van der Waals surface area contributed by atoms with Gasteiger partial charge in [0.05, 0.1) is 21.9 Å². The molecule has 1 aromatic carbocycles. The zero-order valence-electron chi connectivity index (χ0n) is 15.4. The zero-order valence-corrected chi connectivity index (χ0v) is 17.8. The average Bonchev–Trinajstić information content (AvgIpc) is 2.97. The predicted molar refractivity (Wildman–Crippen MR) is 107 cm³/mol. The van der Waals surface area contributed by atoms with Gasteiger partial charge < -0.3 is 10.1 Å². The molecule has 1 atom stereocenters. The molecule has 2 heterocycles. The maximum Gasteiger partial charge on any atom is 0.408 e. The Hall–Kier alpha value is -2.13. The molecule has 0 aliphatic carbocycles. The maximum absolute atomic E-state index is 13.6. The topological polar surface area (TPSA) is 64.1 Å². The van der Waals surface area contributed by atoms with Crippen LogP contribution in [0.25, 0.3) is 10.3 Å². The smallest absolute Gasteiger partial charge is 0.408 e. The Bertz CT molecular complexity index is 1000. The van der Waals surface area contributed by atoms with Crippen molar-refractivity contribution in [2.75, 3.05) is 0 Å². The van der Waals surface area contributed by atoms with Gasteiger partial charge in [-0.1, -0.05) is 0 Å². The van der Waals surface area contributed by atoms with Gasteiger partial charge in [-0.2, -0.15) is 0 Å². The fraction of sp³-hybridized carbons (Fsp3) is 0.316. The van der Waals surface area contributed by atoms with Crippen LogP contribution in [0.4, 0.5) is 13.6 Å². The number of carbonyl (C=O) groups excluding carboxylic acids is 1. The summed E-state index contributed by atoms with van der Waals surface area (Å²) in [5, 5.41) is 2.75. The molecule has 0 spiro atoms. The number of nitrogens with one attached hydrogen (secondary N) is 1. The lowest BCUT2D eigenvalue weighted by Crippen LogP contribution is -2.36. The van der Waals surface area contributed by atoms with E-state index in [1.165, 1.54) is 23.5 Å². The zero-order chi connectivity index (χ0) is 20.5. The normalized spacial score (nSPS) is 12.8. The van der Waals surface area contributed by atoms with Crippen LogP contribution in [0.1, 0.15) is 38.1 Å². The SMILES string of the molecule is CC(C)(C)OC(=O)NC(Cc1cc(F)cc(F)c1)c1nc2ncsc2cc1Br. The third kappa shape index (κ3) is 5.23. The number of hydrogen-bond acceptors (Lipinski definition) is 5. The number of benzene rings is 1. The van der Waals surface area contributed by atoms with Crippen LogP contribution in [0.2, 0.25) is 0 Å². The van der Waals surface area contributed by atoms with E-state index in [0.717, 1.165) is 10.8 Å². The van der Waals surface area contributed by atoms with Gasteiger partial charge in [0.15, 0.2) is 5.65 Å². The second kappa shape index (κ2) is 8.08. The highest BCUT2D eigenvalue weighted by molar-refractivity contribution is 9.10. The van der Waals surface area contributed by atoms with Crippen LogP contribution in [0.15, 0.2) is 34.2 Å². The number of halogens is 3. The van der Waals surface area contributed by atoms with Crippen molar-refractivity contribution in [3.05, 3.63) is 57.1 Å². The Morgan fingerprint density at radius 2 is 1.93 bits per heavy atom. The summed E-state index contributed by atoms with van der Waals surface area (Å²) >= 11 is 4.91. The van der Waals surface area contributed by atoms with E-state index >= 15 is 0 Å². The number of amides is 1. The van der Waals surface area contributed by atoms with Crippen LogP contribution in [0.3, 0.4) is 0 Å². The van der Waals surface area contributed by atoms with Crippen molar-refractivity contribution in [3.63, 3.8) is 0 Å². The third-order valence-corrected chi connectivity index (χ3v) is 5.09. The molecule has 0 aliphatic rings. The Morgan fingerprint density at radius 1 is 1.25 bits per heavy atom. The van der Waals surface area contributed by atoms with Crippen LogP contribution < -0.4 is 5.32 Å². The molecule has 0 saturated carbocycles. The lowest BCUT2D eigenvalue weighted by Gasteiger charge is -2.24. The summed E-state index contributed by atoms with van der Waals surface area (Å²) in [6.45, 7) is 5.25. The standard InChI is InChI=1S/C19H18BrF2N3O2S/c1-19(2,3)27-18(26)24-14(6-10-4-11(21)7-12(22)5-10)16-13(20)8-15-17(25-16)23-9-28-15/h4-5,7-9,14H,6H2,1-3H3,(H,24,26). The first-order valence-corrected chi connectivity index (χ1v) is 10.1. The second-order valence-electron chi connectivity index (χ2n) is 7.21. The van der Waals surface area contributed by atoms with Crippen molar-refractivity contribution in [1.82, 2.24) is 15.3 Å². The van der Waals surface area contributed by atoms with Crippen molar-refractivity contribution in [3.8, 4) is 0 Å². The minimum absolute atomic E-state index is 0.120. The highest BCUT2D eigenvalue weighted by atomic mass is 79.9. The van der Waals surface area contributed by atoms with E-state index in [4.69, 9.17) is 4.74 Å². The average molecular weight is 470 g/mol. The molecular weight excluding hydrogens is 452 g/mol. The Balaban J connectivity index is 1.97. The van der Waals surface area contributed by atoms with Crippen LogP contribution in [0, 0.1) is 11.6 Å². The number of pyridine rings is 1. The summed E-state index contributed by atoms with van der Waals surface area (Å²) in [6.07, 6.45) is -0.531. The van der Waals surface area contributed by atoms with Gasteiger partial charge in [0.25, 0.3) is 0 Å². The van der Waals surface area contributed by atoms with Gasteiger partial charge in [-0.05, 0) is 66.9 Å². The minimum atomic E-state index is -0.691. The van der Waals surface area contributed by atoms with E-state index in [-0.39, 0.29) is 6.42 Å². The molecule has 1 amide bonds. The van der Waals surface area contributed by atoms with E-state index in [9.17, 15) is 13.6 Å². The van der Waals surface area contributed by atoms with E-state index in [1.807, 2.05) is 6.07 Å². The molecule has 5 nitrogen and oxygen atoms in total. The highest BCUT2D eigenvalue weighted by Crippen LogP contribution is 2.30. The molecule has 1 N–H and O–H groups in total. The number of nitrogens with zero attached hydrogens (tertiary/aromatic N) is 2. The molecular formula is C19H18BrF2N3O2S. The first kappa shape index (κ1) is 20.6. The summed E-state index contributed by atoms with van der Waals surface area (Å²) in [6, 6.07) is 4.42. The third-order valence-electron chi connectivity index (χ3n) is 3.69. The fourth-order valence-corrected chi connectivity index (χ4v) is 4.06. The minimum Gasteiger partial charge on any atom is -0.444 e. The number of ether oxygens (including phenoxy) is 1. The van der Waals surface area contributed by atoms with Gasteiger partial charge in [-0.15, -0.1) is 11.3 Å². The van der Waals surface area contributed by atoms with Gasteiger partial charge in [0, 0.05) is 10.5 Å². The molecule has 3 aromatic rings. The highest BCUT2D eigenvalue weighted by Gasteiger charge is 2.24. The van der Waals surface area contributed by atoms with Crippen molar-refractivity contribution in [2.24, 2.45) is 0 Å². The molecule has 0 aliphatic heterocycles. The lowest BCUT2D eigenvalue weighted by atomic mass is 10.0. The Kier molecular flexibility index (Phi) is 5.95. The summed E-state index contributed by atoms with van der Waals surface area (Å²) in [5.41, 5.74) is 2.39. The number of rotatable bonds is 4. The fourth-order valence-electron chi connectivity index (χ4n) is 2.66. The number of carbonyl (C=O) groups is 1. The summed E-state index contributed by atoms with van der Waals surface area (Å²) < 4.78 is 34.1. The molecule has 0 saturated heterocycles. The van der Waals surface area contributed by atoms with Crippen LogP contribution >= 0.6 is 27.3 Å². The van der Waals surface area contributed by atoms with Gasteiger partial charge in [0.1, 0.15) is 17.2 Å². The molecule has 0 bridgehead atoms. The number of thiazole rings is 1. The first-order chi connectivity index (χ1) is 13.1. The lowest BCUT2D eigenvalue weighted by molar-refractivity contribution is 0.0502. The van der Waals surface area contributed by atoms with Crippen LogP contribution in [0.5, 0.6) is 0 Å². The maximum atomic E-state index is 13.6. The van der Waals surface area contributed by atoms with Gasteiger partial charge in [-0.25, -0.2) is 23.5 Å². The number of hydrogen-bond donors (Lipinski definition) is 1. The molecule has 0 radical (unpaired) electrons. The molecule has 2 aromatic heterocycles.